The fourth-order valence-electron chi connectivity index (χ4n) is 4.67. The number of esters is 1. The molecule has 0 fully saturated rings. The van der Waals surface area contributed by atoms with Gasteiger partial charge < -0.3 is 20.3 Å². The van der Waals surface area contributed by atoms with Gasteiger partial charge in [-0.3, -0.25) is 9.59 Å². The number of carbonyl (C=O) groups is 3. The normalized spacial score (nSPS) is 15.1. The first-order chi connectivity index (χ1) is 17.0. The van der Waals surface area contributed by atoms with Gasteiger partial charge in [-0.1, -0.05) is 78.3 Å². The summed E-state index contributed by atoms with van der Waals surface area (Å²) in [5, 5.41) is 6.58. The summed E-state index contributed by atoms with van der Waals surface area (Å²) < 4.78 is 5.20. The van der Waals surface area contributed by atoms with Gasteiger partial charge in [0, 0.05) is 23.1 Å². The van der Waals surface area contributed by atoms with Crippen molar-refractivity contribution >= 4 is 29.4 Å². The highest BCUT2D eigenvalue weighted by atomic mass is 35.5. The summed E-state index contributed by atoms with van der Waals surface area (Å²) in [7, 11) is 3.31. The Bertz CT molecular complexity index is 964. The molecule has 1 aromatic rings. The molecule has 0 bridgehead atoms. The number of carbonyl (C=O) groups excluding carboxylic acids is 3. The molecule has 208 valence electrons. The average Bonchev–Trinajstić information content (AvgIpc) is 2.80. The van der Waals surface area contributed by atoms with Gasteiger partial charge in [-0.15, -0.1) is 0 Å². The van der Waals surface area contributed by atoms with Gasteiger partial charge in [0.1, 0.15) is 6.04 Å². The quantitative estimate of drug-likeness (QED) is 0.316. The van der Waals surface area contributed by atoms with E-state index in [2.05, 4.69) is 10.6 Å². The van der Waals surface area contributed by atoms with Crippen molar-refractivity contribution in [1.82, 2.24) is 15.5 Å². The SMILES string of the molecule is CCOC(=O)/C(C)=C/[C@H](C(C)C)N(C(=O)[C@@H](NC)C(C)(C)c1ccc(Cl)cc1)[C@H](C(=O)NC)C(C)(C)C. The van der Waals surface area contributed by atoms with Crippen molar-refractivity contribution in [3.8, 4) is 0 Å². The van der Waals surface area contributed by atoms with Crippen LogP contribution in [0.4, 0.5) is 0 Å². The average molecular weight is 536 g/mol. The predicted octanol–water partition coefficient (Wildman–Crippen LogP) is 4.73. The molecule has 1 aromatic carbocycles. The summed E-state index contributed by atoms with van der Waals surface area (Å²) in [4.78, 5) is 42.1. The Morgan fingerprint density at radius 2 is 1.59 bits per heavy atom. The van der Waals surface area contributed by atoms with Crippen LogP contribution in [0.5, 0.6) is 0 Å². The lowest BCUT2D eigenvalue weighted by molar-refractivity contribution is -0.150. The summed E-state index contributed by atoms with van der Waals surface area (Å²) in [6.07, 6.45) is 1.75. The molecule has 0 unspecified atom stereocenters. The molecule has 0 heterocycles. The van der Waals surface area contributed by atoms with E-state index < -0.39 is 34.9 Å². The third-order valence-electron chi connectivity index (χ3n) is 6.72. The van der Waals surface area contributed by atoms with Crippen LogP contribution in [0.3, 0.4) is 0 Å². The van der Waals surface area contributed by atoms with E-state index in [1.54, 1.807) is 51.1 Å². The maximum Gasteiger partial charge on any atom is 0.333 e. The second-order valence-corrected chi connectivity index (χ2v) is 11.8. The monoisotopic (exact) mass is 535 g/mol. The van der Waals surface area contributed by atoms with Crippen molar-refractivity contribution < 1.29 is 19.1 Å². The van der Waals surface area contributed by atoms with E-state index in [0.717, 1.165) is 5.56 Å². The molecule has 0 saturated carbocycles. The van der Waals surface area contributed by atoms with Crippen molar-refractivity contribution in [2.45, 2.75) is 85.9 Å². The Balaban J connectivity index is 3.85. The fourth-order valence-corrected chi connectivity index (χ4v) is 4.80. The second-order valence-electron chi connectivity index (χ2n) is 11.4. The van der Waals surface area contributed by atoms with Gasteiger partial charge in [-0.05, 0) is 49.9 Å². The van der Waals surface area contributed by atoms with Crippen LogP contribution in [0.25, 0.3) is 0 Å². The Morgan fingerprint density at radius 3 is 2.00 bits per heavy atom. The molecule has 37 heavy (non-hydrogen) atoms. The molecule has 3 atom stereocenters. The maximum atomic E-state index is 14.6. The Kier molecular flexibility index (Phi) is 11.8. The molecular formula is C29H46ClN3O4. The lowest BCUT2D eigenvalue weighted by Gasteiger charge is -2.47. The topological polar surface area (TPSA) is 87.7 Å². The molecule has 0 radical (unpaired) electrons. The molecule has 2 amide bonds. The zero-order chi connectivity index (χ0) is 28.7. The van der Waals surface area contributed by atoms with Crippen LogP contribution in [-0.2, 0) is 24.5 Å². The standard InChI is InChI=1S/C29H46ClN3O4/c1-12-37-27(36)19(4)17-22(18(2)3)33(24(25(34)32-11)28(5,6)7)26(35)23(31-10)29(8,9)20-13-15-21(30)16-14-20/h13-18,22-24,31H,12H2,1-11H3,(H,32,34)/b19-17+/t22-,23-,24-/m1/s1. The molecular weight excluding hydrogens is 490 g/mol. The van der Waals surface area contributed by atoms with E-state index in [4.69, 9.17) is 16.3 Å². The van der Waals surface area contributed by atoms with E-state index in [9.17, 15) is 14.4 Å². The molecule has 0 spiro atoms. The van der Waals surface area contributed by atoms with E-state index >= 15 is 0 Å². The van der Waals surface area contributed by atoms with Gasteiger partial charge in [0.05, 0.1) is 18.7 Å². The third-order valence-corrected chi connectivity index (χ3v) is 6.97. The van der Waals surface area contributed by atoms with E-state index in [1.807, 2.05) is 60.6 Å². The van der Waals surface area contributed by atoms with Crippen LogP contribution in [0.1, 0.15) is 67.9 Å². The molecule has 0 aliphatic rings. The van der Waals surface area contributed by atoms with Gasteiger partial charge >= 0.3 is 5.97 Å². The molecule has 2 N–H and O–H groups in total. The van der Waals surface area contributed by atoms with Gasteiger partial charge in [0.15, 0.2) is 0 Å². The summed E-state index contributed by atoms with van der Waals surface area (Å²) in [5.41, 5.74) is 0.0652. The largest absolute Gasteiger partial charge is 0.463 e. The fraction of sp³-hybridized carbons (Fsp3) is 0.621. The predicted molar refractivity (Wildman–Crippen MR) is 150 cm³/mol. The first kappa shape index (κ1) is 32.6. The Hall–Kier alpha value is -2.38. The van der Waals surface area contributed by atoms with Gasteiger partial charge in [0.25, 0.3) is 0 Å². The number of halogens is 1. The van der Waals surface area contributed by atoms with Gasteiger partial charge in [-0.25, -0.2) is 4.79 Å². The smallest absolute Gasteiger partial charge is 0.333 e. The zero-order valence-corrected chi connectivity index (χ0v) is 25.1. The highest BCUT2D eigenvalue weighted by Gasteiger charge is 2.47. The van der Waals surface area contributed by atoms with Gasteiger partial charge in [-0.2, -0.15) is 0 Å². The highest BCUT2D eigenvalue weighted by Crippen LogP contribution is 2.34. The van der Waals surface area contributed by atoms with Crippen molar-refractivity contribution in [3.63, 3.8) is 0 Å². The number of amides is 2. The van der Waals surface area contributed by atoms with Gasteiger partial charge in [0.2, 0.25) is 11.8 Å². The van der Waals surface area contributed by atoms with Crippen molar-refractivity contribution in [2.75, 3.05) is 20.7 Å². The molecule has 8 heteroatoms. The lowest BCUT2D eigenvalue weighted by atomic mass is 9.75. The third kappa shape index (κ3) is 8.05. The van der Waals surface area contributed by atoms with Crippen molar-refractivity contribution in [3.05, 3.63) is 46.5 Å². The summed E-state index contributed by atoms with van der Waals surface area (Å²) in [6, 6.07) is 5.40. The number of hydrogen-bond acceptors (Lipinski definition) is 5. The van der Waals surface area contributed by atoms with Crippen LogP contribution >= 0.6 is 11.6 Å². The van der Waals surface area contributed by atoms with E-state index in [0.29, 0.717) is 10.6 Å². The van der Waals surface area contributed by atoms with Crippen LogP contribution in [0, 0.1) is 11.3 Å². The summed E-state index contributed by atoms with van der Waals surface area (Å²) in [6.45, 7) is 17.4. The first-order valence-electron chi connectivity index (χ1n) is 12.9. The van der Waals surface area contributed by atoms with Crippen LogP contribution in [0.2, 0.25) is 5.02 Å². The number of ether oxygens (including phenoxy) is 1. The molecule has 0 saturated heterocycles. The number of likely N-dealkylation sites (N-methyl/N-ethyl adjacent to an activating group) is 2. The Labute approximate surface area is 228 Å². The lowest BCUT2D eigenvalue weighted by Crippen LogP contribution is -2.65. The maximum absolute atomic E-state index is 14.6. The number of hydrogen-bond donors (Lipinski definition) is 2. The minimum Gasteiger partial charge on any atom is -0.463 e. The van der Waals surface area contributed by atoms with Crippen LogP contribution in [0.15, 0.2) is 35.9 Å². The number of nitrogens with one attached hydrogen (secondary N) is 2. The van der Waals surface area contributed by atoms with E-state index in [1.165, 1.54) is 0 Å². The van der Waals surface area contributed by atoms with Crippen LogP contribution in [-0.4, -0.2) is 61.5 Å². The minimum atomic E-state index is -0.805. The Morgan fingerprint density at radius 1 is 1.05 bits per heavy atom. The number of benzene rings is 1. The second kappa shape index (κ2) is 13.4. The zero-order valence-electron chi connectivity index (χ0n) is 24.4. The minimum absolute atomic E-state index is 0.0982. The summed E-state index contributed by atoms with van der Waals surface area (Å²) in [5.74, 6) is -1.05. The number of nitrogens with zero attached hydrogens (tertiary/aromatic N) is 1. The highest BCUT2D eigenvalue weighted by molar-refractivity contribution is 6.30. The molecule has 7 nitrogen and oxygen atoms in total. The first-order valence-corrected chi connectivity index (χ1v) is 13.2. The summed E-state index contributed by atoms with van der Waals surface area (Å²) >= 11 is 6.12. The number of rotatable bonds is 11. The van der Waals surface area contributed by atoms with E-state index in [-0.39, 0.29) is 24.3 Å². The molecule has 0 aromatic heterocycles. The van der Waals surface area contributed by atoms with Crippen LogP contribution < -0.4 is 10.6 Å². The van der Waals surface area contributed by atoms with Crippen molar-refractivity contribution in [2.24, 2.45) is 11.3 Å². The van der Waals surface area contributed by atoms with Crippen molar-refractivity contribution in [1.29, 1.82) is 0 Å². The molecule has 0 aliphatic heterocycles. The molecule has 1 rings (SSSR count). The molecule has 0 aliphatic carbocycles.